The largest absolute Gasteiger partial charge is 0.493 e. The molecule has 1 saturated carbocycles. The summed E-state index contributed by atoms with van der Waals surface area (Å²) in [4.78, 5) is 26.7. The van der Waals surface area contributed by atoms with Gasteiger partial charge in [0, 0.05) is 36.3 Å². The Labute approximate surface area is 183 Å². The number of rotatable bonds is 8. The molecule has 0 atom stereocenters. The van der Waals surface area contributed by atoms with E-state index >= 15 is 0 Å². The van der Waals surface area contributed by atoms with Gasteiger partial charge < -0.3 is 15.0 Å². The van der Waals surface area contributed by atoms with E-state index in [0.717, 1.165) is 47.0 Å². The SMILES string of the molecule is CCCOc1ccc2ccccc2c1CN(C)C(=O)c1ccc(NC(=O)C2CC2)cc1. The van der Waals surface area contributed by atoms with Crippen LogP contribution in [-0.2, 0) is 11.3 Å². The summed E-state index contributed by atoms with van der Waals surface area (Å²) in [5.74, 6) is 0.955. The van der Waals surface area contributed by atoms with Crippen molar-refractivity contribution in [1.29, 1.82) is 0 Å². The monoisotopic (exact) mass is 416 g/mol. The first-order valence-corrected chi connectivity index (χ1v) is 10.9. The smallest absolute Gasteiger partial charge is 0.253 e. The number of hydrogen-bond donors (Lipinski definition) is 1. The molecule has 1 aliphatic carbocycles. The lowest BCUT2D eigenvalue weighted by Gasteiger charge is -2.21. The van der Waals surface area contributed by atoms with E-state index in [-0.39, 0.29) is 17.7 Å². The molecule has 0 bridgehead atoms. The Hall–Kier alpha value is -3.34. The summed E-state index contributed by atoms with van der Waals surface area (Å²) >= 11 is 0. The fourth-order valence-corrected chi connectivity index (χ4v) is 3.64. The minimum atomic E-state index is -0.0746. The van der Waals surface area contributed by atoms with Crippen molar-refractivity contribution in [2.45, 2.75) is 32.7 Å². The van der Waals surface area contributed by atoms with Crippen molar-refractivity contribution in [3.63, 3.8) is 0 Å². The van der Waals surface area contributed by atoms with Crippen molar-refractivity contribution in [3.05, 3.63) is 71.8 Å². The molecule has 3 aromatic rings. The Balaban J connectivity index is 1.51. The second-order valence-corrected chi connectivity index (χ2v) is 8.11. The number of carbonyl (C=O) groups is 2. The van der Waals surface area contributed by atoms with E-state index in [1.54, 1.807) is 36.2 Å². The van der Waals surface area contributed by atoms with Crippen LogP contribution in [0.2, 0.25) is 0 Å². The molecule has 4 rings (SSSR count). The van der Waals surface area contributed by atoms with E-state index in [1.165, 1.54) is 0 Å². The Morgan fingerprint density at radius 3 is 2.48 bits per heavy atom. The summed E-state index contributed by atoms with van der Waals surface area (Å²) in [6.07, 6.45) is 2.85. The minimum Gasteiger partial charge on any atom is -0.493 e. The molecular weight excluding hydrogens is 388 g/mol. The molecule has 5 heteroatoms. The van der Waals surface area contributed by atoms with E-state index in [2.05, 4.69) is 30.4 Å². The van der Waals surface area contributed by atoms with Crippen LogP contribution in [-0.4, -0.2) is 30.4 Å². The fraction of sp³-hybridized carbons (Fsp3) is 0.308. The Bertz CT molecular complexity index is 1090. The quantitative estimate of drug-likeness (QED) is 0.546. The predicted octanol–water partition coefficient (Wildman–Crippen LogP) is 5.25. The average Bonchev–Trinajstić information content (AvgIpc) is 3.64. The first-order chi connectivity index (χ1) is 15.1. The highest BCUT2D eigenvalue weighted by molar-refractivity contribution is 5.97. The van der Waals surface area contributed by atoms with Gasteiger partial charge in [-0.3, -0.25) is 9.59 Å². The summed E-state index contributed by atoms with van der Waals surface area (Å²) in [6.45, 7) is 3.16. The minimum absolute atomic E-state index is 0.0618. The van der Waals surface area contributed by atoms with E-state index in [0.29, 0.717) is 18.7 Å². The van der Waals surface area contributed by atoms with Crippen LogP contribution in [0.3, 0.4) is 0 Å². The van der Waals surface area contributed by atoms with Crippen LogP contribution in [0.5, 0.6) is 5.75 Å². The maximum absolute atomic E-state index is 13.1. The highest BCUT2D eigenvalue weighted by Crippen LogP contribution is 2.31. The zero-order valence-corrected chi connectivity index (χ0v) is 18.1. The second-order valence-electron chi connectivity index (χ2n) is 8.11. The molecule has 0 unspecified atom stereocenters. The van der Waals surface area contributed by atoms with Crippen LogP contribution < -0.4 is 10.1 Å². The van der Waals surface area contributed by atoms with E-state index in [1.807, 2.05) is 18.2 Å². The van der Waals surface area contributed by atoms with Gasteiger partial charge in [-0.05, 0) is 60.4 Å². The van der Waals surface area contributed by atoms with Gasteiger partial charge in [-0.2, -0.15) is 0 Å². The van der Waals surface area contributed by atoms with Gasteiger partial charge in [-0.1, -0.05) is 37.3 Å². The summed E-state index contributed by atoms with van der Waals surface area (Å²) < 4.78 is 5.98. The molecule has 0 spiro atoms. The number of amides is 2. The van der Waals surface area contributed by atoms with Crippen molar-refractivity contribution in [2.24, 2.45) is 5.92 Å². The third-order valence-electron chi connectivity index (χ3n) is 5.55. The molecule has 3 aromatic carbocycles. The van der Waals surface area contributed by atoms with Crippen LogP contribution in [0.15, 0.2) is 60.7 Å². The standard InChI is InChI=1S/C26H28N2O3/c1-3-16-31-24-15-12-18-6-4-5-7-22(18)23(24)17-28(2)26(30)20-10-13-21(14-11-20)27-25(29)19-8-9-19/h4-7,10-15,19H,3,8-9,16-17H2,1-2H3,(H,27,29). The number of benzene rings is 3. The van der Waals surface area contributed by atoms with Gasteiger partial charge in [-0.25, -0.2) is 0 Å². The van der Waals surface area contributed by atoms with Gasteiger partial charge >= 0.3 is 0 Å². The molecular formula is C26H28N2O3. The second kappa shape index (κ2) is 9.21. The molecule has 1 aliphatic rings. The summed E-state index contributed by atoms with van der Waals surface area (Å²) in [6, 6.07) is 19.3. The molecule has 160 valence electrons. The Morgan fingerprint density at radius 2 is 1.77 bits per heavy atom. The molecule has 31 heavy (non-hydrogen) atoms. The normalized spacial score (nSPS) is 13.1. The number of carbonyl (C=O) groups excluding carboxylic acids is 2. The predicted molar refractivity (Wildman–Crippen MR) is 123 cm³/mol. The molecule has 0 aromatic heterocycles. The maximum Gasteiger partial charge on any atom is 0.253 e. The Kier molecular flexibility index (Phi) is 6.21. The van der Waals surface area contributed by atoms with E-state index in [4.69, 9.17) is 4.74 Å². The van der Waals surface area contributed by atoms with Gasteiger partial charge in [-0.15, -0.1) is 0 Å². The van der Waals surface area contributed by atoms with Crippen LogP contribution >= 0.6 is 0 Å². The average molecular weight is 417 g/mol. The molecule has 0 radical (unpaired) electrons. The fourth-order valence-electron chi connectivity index (χ4n) is 3.64. The number of hydrogen-bond acceptors (Lipinski definition) is 3. The third kappa shape index (κ3) is 4.88. The number of fused-ring (bicyclic) bond motifs is 1. The number of nitrogens with one attached hydrogen (secondary N) is 1. The summed E-state index contributed by atoms with van der Waals surface area (Å²) in [7, 11) is 1.80. The van der Waals surface area contributed by atoms with Gasteiger partial charge in [0.05, 0.1) is 6.61 Å². The first kappa shape index (κ1) is 20.9. The molecule has 1 fully saturated rings. The van der Waals surface area contributed by atoms with Crippen LogP contribution in [0.1, 0.15) is 42.1 Å². The number of ether oxygens (including phenoxy) is 1. The molecule has 0 heterocycles. The molecule has 0 aliphatic heterocycles. The van der Waals surface area contributed by atoms with Crippen molar-refractivity contribution < 1.29 is 14.3 Å². The molecule has 1 N–H and O–H groups in total. The van der Waals surface area contributed by atoms with E-state index < -0.39 is 0 Å². The van der Waals surface area contributed by atoms with Crippen molar-refractivity contribution in [2.75, 3.05) is 19.0 Å². The topological polar surface area (TPSA) is 58.6 Å². The molecule has 0 saturated heterocycles. The van der Waals surface area contributed by atoms with Gasteiger partial charge in [0.25, 0.3) is 5.91 Å². The maximum atomic E-state index is 13.1. The zero-order valence-electron chi connectivity index (χ0n) is 18.1. The lowest BCUT2D eigenvalue weighted by molar-refractivity contribution is -0.117. The van der Waals surface area contributed by atoms with Crippen molar-refractivity contribution in [3.8, 4) is 5.75 Å². The van der Waals surface area contributed by atoms with Gasteiger partial charge in [0.1, 0.15) is 5.75 Å². The lowest BCUT2D eigenvalue weighted by atomic mass is 10.0. The summed E-state index contributed by atoms with van der Waals surface area (Å²) in [5, 5.41) is 5.12. The van der Waals surface area contributed by atoms with E-state index in [9.17, 15) is 9.59 Å². The van der Waals surface area contributed by atoms with Crippen molar-refractivity contribution >= 4 is 28.3 Å². The first-order valence-electron chi connectivity index (χ1n) is 10.9. The van der Waals surface area contributed by atoms with Gasteiger partial charge in [0.15, 0.2) is 0 Å². The van der Waals surface area contributed by atoms with Crippen LogP contribution in [0.4, 0.5) is 5.69 Å². The third-order valence-corrected chi connectivity index (χ3v) is 5.55. The number of anilines is 1. The highest BCUT2D eigenvalue weighted by Gasteiger charge is 2.29. The van der Waals surface area contributed by atoms with Crippen LogP contribution in [0, 0.1) is 5.92 Å². The number of nitrogens with zero attached hydrogens (tertiary/aromatic N) is 1. The van der Waals surface area contributed by atoms with Crippen molar-refractivity contribution in [1.82, 2.24) is 4.90 Å². The van der Waals surface area contributed by atoms with Gasteiger partial charge in [0.2, 0.25) is 5.91 Å². The Morgan fingerprint density at radius 1 is 1.03 bits per heavy atom. The lowest BCUT2D eigenvalue weighted by Crippen LogP contribution is -2.26. The van der Waals surface area contributed by atoms with Crippen LogP contribution in [0.25, 0.3) is 10.8 Å². The molecule has 5 nitrogen and oxygen atoms in total. The summed E-state index contributed by atoms with van der Waals surface area (Å²) in [5.41, 5.74) is 2.32. The molecule has 2 amide bonds. The highest BCUT2D eigenvalue weighted by atomic mass is 16.5. The zero-order chi connectivity index (χ0) is 21.8.